The Labute approximate surface area is 171 Å². The van der Waals surface area contributed by atoms with E-state index in [-0.39, 0.29) is 0 Å². The lowest BCUT2D eigenvalue weighted by molar-refractivity contribution is 0.993. The number of anilines is 2. The zero-order valence-corrected chi connectivity index (χ0v) is 16.6. The highest BCUT2D eigenvalue weighted by atomic mass is 15.4. The highest BCUT2D eigenvalue weighted by Gasteiger charge is 2.27. The molecule has 144 valence electrons. The van der Waals surface area contributed by atoms with Crippen molar-refractivity contribution in [1.82, 2.24) is 0 Å². The van der Waals surface area contributed by atoms with Crippen molar-refractivity contribution in [3.8, 4) is 0 Å². The highest BCUT2D eigenvalue weighted by Crippen LogP contribution is 2.32. The maximum Gasteiger partial charge on any atom is 0.136 e. The van der Waals surface area contributed by atoms with Gasteiger partial charge in [-0.25, -0.2) is 0 Å². The van der Waals surface area contributed by atoms with Crippen LogP contribution in [0.15, 0.2) is 89.1 Å². The van der Waals surface area contributed by atoms with Crippen molar-refractivity contribution in [1.29, 1.82) is 0 Å². The van der Waals surface area contributed by atoms with Crippen LogP contribution in [0.2, 0.25) is 0 Å². The number of likely N-dealkylation sites (N-methyl/N-ethyl adjacent to an activating group) is 1. The Balaban J connectivity index is 1.48. The van der Waals surface area contributed by atoms with Crippen LogP contribution in [0.5, 0.6) is 0 Å². The summed E-state index contributed by atoms with van der Waals surface area (Å²) in [4.78, 5) is 4.57. The third-order valence-corrected chi connectivity index (χ3v) is 5.67. The lowest BCUT2D eigenvalue weighted by Gasteiger charge is -2.20. The SMILES string of the molecule is CCN1/C(=N\N=C2\Cc3ccccc3N2Cc2ccccc2)Cc2ccccc21. The average Bonchev–Trinajstić information content (AvgIpc) is 3.30. The standard InChI is InChI=1S/C25H24N4/c1-2-28-22-14-8-6-12-20(22)16-24(28)26-27-25-17-21-13-7-9-15-23(21)29(25)18-19-10-4-3-5-11-19/h3-15H,2,16-18H2,1H3/b26-24-,27-25-. The molecule has 4 heteroatoms. The van der Waals surface area contributed by atoms with E-state index in [0.717, 1.165) is 37.6 Å². The molecule has 0 fully saturated rings. The third kappa shape index (κ3) is 3.31. The second kappa shape index (κ2) is 7.55. The minimum Gasteiger partial charge on any atom is -0.328 e. The summed E-state index contributed by atoms with van der Waals surface area (Å²) in [5.41, 5.74) is 6.39. The smallest absolute Gasteiger partial charge is 0.136 e. The Morgan fingerprint density at radius 3 is 1.79 bits per heavy atom. The highest BCUT2D eigenvalue weighted by molar-refractivity contribution is 6.07. The number of fused-ring (bicyclic) bond motifs is 2. The van der Waals surface area contributed by atoms with E-state index in [1.807, 2.05) is 0 Å². The van der Waals surface area contributed by atoms with E-state index >= 15 is 0 Å². The Bertz CT molecular complexity index is 1080. The molecule has 5 rings (SSSR count). The minimum absolute atomic E-state index is 0.805. The molecule has 0 radical (unpaired) electrons. The van der Waals surface area contributed by atoms with Crippen molar-refractivity contribution in [2.24, 2.45) is 10.2 Å². The molecule has 2 aliphatic rings. The second-order valence-corrected chi connectivity index (χ2v) is 7.46. The molecule has 0 saturated heterocycles. The molecular formula is C25H24N4. The van der Waals surface area contributed by atoms with Gasteiger partial charge in [-0.15, -0.1) is 10.2 Å². The summed E-state index contributed by atoms with van der Waals surface area (Å²) in [7, 11) is 0. The second-order valence-electron chi connectivity index (χ2n) is 7.46. The van der Waals surface area contributed by atoms with E-state index < -0.39 is 0 Å². The molecule has 0 spiro atoms. The van der Waals surface area contributed by atoms with Gasteiger partial charge in [-0.1, -0.05) is 66.7 Å². The van der Waals surface area contributed by atoms with Crippen LogP contribution in [0.25, 0.3) is 0 Å². The molecule has 0 aromatic heterocycles. The number of hydrogen-bond acceptors (Lipinski definition) is 2. The Morgan fingerprint density at radius 2 is 1.17 bits per heavy atom. The molecule has 29 heavy (non-hydrogen) atoms. The maximum atomic E-state index is 4.77. The maximum absolute atomic E-state index is 4.77. The monoisotopic (exact) mass is 380 g/mol. The first kappa shape index (κ1) is 17.7. The topological polar surface area (TPSA) is 31.2 Å². The van der Waals surface area contributed by atoms with Gasteiger partial charge < -0.3 is 9.80 Å². The van der Waals surface area contributed by atoms with Gasteiger partial charge in [0, 0.05) is 37.3 Å². The predicted octanol–water partition coefficient (Wildman–Crippen LogP) is 5.04. The van der Waals surface area contributed by atoms with Gasteiger partial charge in [0.25, 0.3) is 0 Å². The largest absolute Gasteiger partial charge is 0.328 e. The summed E-state index contributed by atoms with van der Waals surface area (Å²) in [6.45, 7) is 3.87. The molecule has 0 atom stereocenters. The van der Waals surface area contributed by atoms with Crippen molar-refractivity contribution in [2.45, 2.75) is 26.3 Å². The first-order chi connectivity index (χ1) is 14.3. The minimum atomic E-state index is 0.805. The first-order valence-electron chi connectivity index (χ1n) is 10.2. The normalized spacial score (nSPS) is 17.8. The van der Waals surface area contributed by atoms with Crippen LogP contribution in [0.1, 0.15) is 23.6 Å². The van der Waals surface area contributed by atoms with E-state index in [2.05, 4.69) is 95.6 Å². The van der Waals surface area contributed by atoms with Crippen LogP contribution in [-0.4, -0.2) is 18.2 Å². The lowest BCUT2D eigenvalue weighted by atomic mass is 10.1. The Hall–Kier alpha value is -3.40. The van der Waals surface area contributed by atoms with Gasteiger partial charge in [0.1, 0.15) is 11.7 Å². The molecule has 4 nitrogen and oxygen atoms in total. The van der Waals surface area contributed by atoms with Crippen LogP contribution in [0, 0.1) is 0 Å². The van der Waals surface area contributed by atoms with Crippen LogP contribution >= 0.6 is 0 Å². The van der Waals surface area contributed by atoms with Crippen LogP contribution in [-0.2, 0) is 19.4 Å². The molecule has 0 N–H and O–H groups in total. The van der Waals surface area contributed by atoms with Crippen LogP contribution < -0.4 is 9.80 Å². The first-order valence-corrected chi connectivity index (χ1v) is 10.2. The van der Waals surface area contributed by atoms with Crippen molar-refractivity contribution < 1.29 is 0 Å². The van der Waals surface area contributed by atoms with Gasteiger partial charge in [-0.05, 0) is 35.7 Å². The van der Waals surface area contributed by atoms with E-state index in [9.17, 15) is 0 Å². The number of rotatable bonds is 4. The van der Waals surface area contributed by atoms with Crippen molar-refractivity contribution in [2.75, 3.05) is 16.3 Å². The molecule has 2 aliphatic heterocycles. The molecule has 0 aliphatic carbocycles. The van der Waals surface area contributed by atoms with Crippen LogP contribution in [0.4, 0.5) is 11.4 Å². The van der Waals surface area contributed by atoms with Gasteiger partial charge in [0.05, 0.1) is 0 Å². The van der Waals surface area contributed by atoms with E-state index in [4.69, 9.17) is 10.2 Å². The fourth-order valence-corrected chi connectivity index (χ4v) is 4.25. The van der Waals surface area contributed by atoms with E-state index in [0.29, 0.717) is 0 Å². The molecule has 2 heterocycles. The van der Waals surface area contributed by atoms with Crippen LogP contribution in [0.3, 0.4) is 0 Å². The van der Waals surface area contributed by atoms with Crippen molar-refractivity contribution >= 4 is 23.0 Å². The van der Waals surface area contributed by atoms with Gasteiger partial charge in [0.15, 0.2) is 0 Å². The molecule has 0 bridgehead atoms. The number of hydrogen-bond donors (Lipinski definition) is 0. The Morgan fingerprint density at radius 1 is 0.655 bits per heavy atom. The fourth-order valence-electron chi connectivity index (χ4n) is 4.25. The molecule has 0 unspecified atom stereocenters. The molecule has 0 saturated carbocycles. The summed E-state index contributed by atoms with van der Waals surface area (Å²) in [5.74, 6) is 2.03. The van der Waals surface area contributed by atoms with Gasteiger partial charge >= 0.3 is 0 Å². The number of amidine groups is 2. The zero-order valence-electron chi connectivity index (χ0n) is 16.6. The summed E-state index contributed by atoms with van der Waals surface area (Å²) >= 11 is 0. The number of para-hydroxylation sites is 2. The quantitative estimate of drug-likeness (QED) is 0.594. The van der Waals surface area contributed by atoms with E-state index in [1.54, 1.807) is 0 Å². The summed E-state index contributed by atoms with van der Waals surface area (Å²) < 4.78 is 0. The summed E-state index contributed by atoms with van der Waals surface area (Å²) in [6.07, 6.45) is 1.66. The van der Waals surface area contributed by atoms with Gasteiger partial charge in [-0.2, -0.15) is 0 Å². The predicted molar refractivity (Wildman–Crippen MR) is 121 cm³/mol. The molecule has 3 aromatic rings. The number of nitrogens with zero attached hydrogens (tertiary/aromatic N) is 4. The fraction of sp³-hybridized carbons (Fsp3) is 0.200. The summed E-state index contributed by atoms with van der Waals surface area (Å²) in [5, 5.41) is 9.50. The molecule has 0 amide bonds. The molecular weight excluding hydrogens is 356 g/mol. The van der Waals surface area contributed by atoms with E-state index in [1.165, 1.54) is 28.1 Å². The summed E-state index contributed by atoms with van der Waals surface area (Å²) in [6, 6.07) is 27.6. The van der Waals surface area contributed by atoms with Crippen molar-refractivity contribution in [3.05, 3.63) is 95.6 Å². The van der Waals surface area contributed by atoms with Crippen molar-refractivity contribution in [3.63, 3.8) is 0 Å². The van der Waals surface area contributed by atoms with Gasteiger partial charge in [0.2, 0.25) is 0 Å². The zero-order chi connectivity index (χ0) is 19.6. The lowest BCUT2D eigenvalue weighted by Crippen LogP contribution is -2.28. The average molecular weight is 380 g/mol. The Kier molecular flexibility index (Phi) is 4.60. The third-order valence-electron chi connectivity index (χ3n) is 5.67. The van der Waals surface area contributed by atoms with Gasteiger partial charge in [-0.3, -0.25) is 0 Å². The number of benzene rings is 3. The molecule has 3 aromatic carbocycles.